The van der Waals surface area contributed by atoms with Gasteiger partial charge in [-0.15, -0.1) is 0 Å². The van der Waals surface area contributed by atoms with Gasteiger partial charge in [0.1, 0.15) is 19.3 Å². The molecule has 0 heterocycles. The van der Waals surface area contributed by atoms with Gasteiger partial charge in [-0.05, 0) is 77.0 Å². The molecule has 5 unspecified atom stereocenters. The molecule has 0 bridgehead atoms. The summed E-state index contributed by atoms with van der Waals surface area (Å²) < 4.78 is 68.3. The zero-order chi connectivity index (χ0) is 67.5. The molecule has 0 rings (SSSR count). The standard InChI is InChI=1S/C73H136O17P2/c1-5-9-13-17-21-25-29-32-33-36-39-42-46-50-54-58-71(76)84-64-69(90-73(78)60-56-52-48-44-40-35-31-27-23-19-15-11-7-3)66-88-92(81,82)86-62-67(74)61-85-91(79,80)87-65-68(89-72(77)59-55-51-47-43-37-28-24-20-16-12-8-4)63-83-70(75)57-53-49-45-41-38-34-30-26-22-18-14-10-6-2/h15,19,26-27,30-31,67-69,74H,5-14,16-18,20-25,28-29,32-66H2,1-4H3,(H,79,80)(H,81,82)/b19-15-,30-26-,31-27-. The van der Waals surface area contributed by atoms with Gasteiger partial charge in [0.15, 0.2) is 12.2 Å². The van der Waals surface area contributed by atoms with Crippen molar-refractivity contribution in [3.63, 3.8) is 0 Å². The maximum Gasteiger partial charge on any atom is 0.472 e. The highest BCUT2D eigenvalue weighted by Crippen LogP contribution is 2.45. The second-order valence-corrected chi connectivity index (χ2v) is 28.2. The van der Waals surface area contributed by atoms with E-state index in [0.29, 0.717) is 25.7 Å². The van der Waals surface area contributed by atoms with Crippen LogP contribution in [0.2, 0.25) is 0 Å². The van der Waals surface area contributed by atoms with Crippen molar-refractivity contribution in [1.82, 2.24) is 0 Å². The van der Waals surface area contributed by atoms with E-state index in [-0.39, 0.29) is 25.7 Å². The summed E-state index contributed by atoms with van der Waals surface area (Å²) >= 11 is 0. The molecule has 0 aliphatic carbocycles. The van der Waals surface area contributed by atoms with Crippen LogP contribution in [0.4, 0.5) is 0 Å². The van der Waals surface area contributed by atoms with Gasteiger partial charge in [0, 0.05) is 25.7 Å². The lowest BCUT2D eigenvalue weighted by atomic mass is 10.0. The Balaban J connectivity index is 5.28. The average molecular weight is 1350 g/mol. The van der Waals surface area contributed by atoms with Gasteiger partial charge < -0.3 is 33.8 Å². The van der Waals surface area contributed by atoms with Crippen LogP contribution in [0.15, 0.2) is 36.5 Å². The van der Waals surface area contributed by atoms with Crippen molar-refractivity contribution < 1.29 is 80.2 Å². The van der Waals surface area contributed by atoms with E-state index in [1.807, 2.05) is 0 Å². The Morgan fingerprint density at radius 2 is 0.554 bits per heavy atom. The van der Waals surface area contributed by atoms with Crippen molar-refractivity contribution in [3.8, 4) is 0 Å². The molecule has 0 aromatic heterocycles. The number of hydrogen-bond acceptors (Lipinski definition) is 15. The molecule has 0 amide bonds. The van der Waals surface area contributed by atoms with Crippen LogP contribution >= 0.6 is 15.6 Å². The fraction of sp³-hybridized carbons (Fsp3) is 0.863. The Morgan fingerprint density at radius 3 is 0.870 bits per heavy atom. The van der Waals surface area contributed by atoms with Crippen LogP contribution in [0.5, 0.6) is 0 Å². The van der Waals surface area contributed by atoms with Crippen molar-refractivity contribution in [2.45, 2.75) is 367 Å². The van der Waals surface area contributed by atoms with E-state index in [0.717, 1.165) is 135 Å². The number of unbranched alkanes of at least 4 members (excludes halogenated alkanes) is 39. The zero-order valence-corrected chi connectivity index (χ0v) is 60.5. The highest BCUT2D eigenvalue weighted by Gasteiger charge is 2.30. The predicted octanol–water partition coefficient (Wildman–Crippen LogP) is 20.8. The second-order valence-electron chi connectivity index (χ2n) is 25.2. The van der Waals surface area contributed by atoms with E-state index < -0.39 is 97.5 Å². The minimum atomic E-state index is -4.96. The van der Waals surface area contributed by atoms with E-state index in [9.17, 15) is 43.2 Å². The number of carbonyl (C=O) groups is 4. The van der Waals surface area contributed by atoms with Crippen LogP contribution < -0.4 is 0 Å². The summed E-state index contributed by atoms with van der Waals surface area (Å²) in [6.45, 7) is 4.82. The Hall–Kier alpha value is -2.72. The number of esters is 4. The third-order valence-electron chi connectivity index (χ3n) is 16.1. The lowest BCUT2D eigenvalue weighted by Gasteiger charge is -2.21. The van der Waals surface area contributed by atoms with Crippen molar-refractivity contribution in [2.75, 3.05) is 39.6 Å². The Kier molecular flexibility index (Phi) is 64.9. The fourth-order valence-corrected chi connectivity index (χ4v) is 12.0. The van der Waals surface area contributed by atoms with Crippen LogP contribution in [0.3, 0.4) is 0 Å². The Morgan fingerprint density at radius 1 is 0.304 bits per heavy atom. The summed E-state index contributed by atoms with van der Waals surface area (Å²) in [6, 6.07) is 0. The zero-order valence-electron chi connectivity index (χ0n) is 58.7. The van der Waals surface area contributed by atoms with E-state index in [2.05, 4.69) is 64.2 Å². The lowest BCUT2D eigenvalue weighted by molar-refractivity contribution is -0.161. The minimum Gasteiger partial charge on any atom is -0.462 e. The SMILES string of the molecule is CCC/C=C\C/C=C\CCCCCCCC(=O)OC(COC(=O)CCCCCCCCCCCCCCCCC)COP(=O)(O)OCC(O)COP(=O)(O)OCC(COC(=O)CCCCCCC/C=C\CCCCCC)OC(=O)CCCCCCCCCCCCC. The summed E-state index contributed by atoms with van der Waals surface area (Å²) in [6.07, 6.45) is 60.0. The van der Waals surface area contributed by atoms with Gasteiger partial charge >= 0.3 is 39.5 Å². The number of hydrogen-bond donors (Lipinski definition) is 3. The number of ether oxygens (including phenoxy) is 4. The topological polar surface area (TPSA) is 237 Å². The van der Waals surface area contributed by atoms with Crippen molar-refractivity contribution >= 4 is 39.5 Å². The maximum atomic E-state index is 13.0. The lowest BCUT2D eigenvalue weighted by Crippen LogP contribution is -2.30. The number of phosphoric acid groups is 2. The first-order chi connectivity index (χ1) is 44.7. The van der Waals surface area contributed by atoms with E-state index >= 15 is 0 Å². The van der Waals surface area contributed by atoms with Crippen LogP contribution in [-0.2, 0) is 65.4 Å². The van der Waals surface area contributed by atoms with Gasteiger partial charge in [-0.25, -0.2) is 9.13 Å². The van der Waals surface area contributed by atoms with Crippen LogP contribution in [0, 0.1) is 0 Å². The number of rotatable bonds is 71. The van der Waals surface area contributed by atoms with Crippen LogP contribution in [0.1, 0.15) is 349 Å². The third kappa shape index (κ3) is 65.9. The Bertz CT molecular complexity index is 1900. The molecule has 540 valence electrons. The Labute approximate surface area is 560 Å². The first-order valence-corrected chi connectivity index (χ1v) is 40.2. The number of aliphatic hydroxyl groups is 1. The monoisotopic (exact) mass is 1350 g/mol. The van der Waals surface area contributed by atoms with E-state index in [1.54, 1.807) is 0 Å². The molecule has 3 N–H and O–H groups in total. The van der Waals surface area contributed by atoms with Crippen molar-refractivity contribution in [3.05, 3.63) is 36.5 Å². The van der Waals surface area contributed by atoms with E-state index in [4.69, 9.17) is 37.0 Å². The molecule has 5 atom stereocenters. The summed E-state index contributed by atoms with van der Waals surface area (Å²) in [5.41, 5.74) is 0. The largest absolute Gasteiger partial charge is 0.472 e. The molecule has 0 spiro atoms. The van der Waals surface area contributed by atoms with Gasteiger partial charge in [0.25, 0.3) is 0 Å². The summed E-state index contributed by atoms with van der Waals surface area (Å²) in [4.78, 5) is 72.6. The summed E-state index contributed by atoms with van der Waals surface area (Å²) in [5, 5.41) is 10.6. The molecule has 0 aromatic carbocycles. The molecule has 92 heavy (non-hydrogen) atoms. The fourth-order valence-electron chi connectivity index (χ4n) is 10.4. The summed E-state index contributed by atoms with van der Waals surface area (Å²) in [7, 11) is -9.92. The highest BCUT2D eigenvalue weighted by atomic mass is 31.2. The van der Waals surface area contributed by atoms with E-state index in [1.165, 1.54) is 135 Å². The molecule has 0 aliphatic rings. The quantitative estimate of drug-likeness (QED) is 0.0169. The van der Waals surface area contributed by atoms with Crippen molar-refractivity contribution in [1.29, 1.82) is 0 Å². The normalized spacial score (nSPS) is 14.2. The smallest absolute Gasteiger partial charge is 0.462 e. The molecular weight excluding hydrogens is 1210 g/mol. The second kappa shape index (κ2) is 66.9. The number of aliphatic hydroxyl groups excluding tert-OH is 1. The van der Waals surface area contributed by atoms with Crippen molar-refractivity contribution in [2.24, 2.45) is 0 Å². The average Bonchev–Trinajstić information content (AvgIpc) is 1.82. The van der Waals surface area contributed by atoms with Crippen LogP contribution in [-0.4, -0.2) is 96.7 Å². The molecule has 0 aromatic rings. The molecule has 19 heteroatoms. The number of carbonyl (C=O) groups excluding carboxylic acids is 4. The molecule has 0 saturated heterocycles. The van der Waals surface area contributed by atoms with Gasteiger partial charge in [-0.1, -0.05) is 282 Å². The number of phosphoric ester groups is 2. The molecule has 0 saturated carbocycles. The minimum absolute atomic E-state index is 0.0858. The third-order valence-corrected chi connectivity index (χ3v) is 18.0. The maximum absolute atomic E-state index is 13.0. The van der Waals surface area contributed by atoms with Gasteiger partial charge in [0.2, 0.25) is 0 Å². The number of allylic oxidation sites excluding steroid dienone is 6. The molecule has 0 aliphatic heterocycles. The molecule has 0 radical (unpaired) electrons. The molecular formula is C73H136O17P2. The van der Waals surface area contributed by atoms with Crippen LogP contribution in [0.25, 0.3) is 0 Å². The predicted molar refractivity (Wildman–Crippen MR) is 372 cm³/mol. The first-order valence-electron chi connectivity index (χ1n) is 37.2. The van der Waals surface area contributed by atoms with Gasteiger partial charge in [-0.3, -0.25) is 37.3 Å². The highest BCUT2D eigenvalue weighted by molar-refractivity contribution is 7.47. The molecule has 17 nitrogen and oxygen atoms in total. The molecule has 0 fully saturated rings. The first kappa shape index (κ1) is 89.3. The van der Waals surface area contributed by atoms with Gasteiger partial charge in [-0.2, -0.15) is 0 Å². The summed E-state index contributed by atoms with van der Waals surface area (Å²) in [5.74, 6) is -2.16. The van der Waals surface area contributed by atoms with Gasteiger partial charge in [0.05, 0.1) is 26.4 Å².